The van der Waals surface area contributed by atoms with Crippen molar-refractivity contribution in [3.05, 3.63) is 48.1 Å². The SMILES string of the molecule is O=C(N1C=CC(CN2CCCC2)=CN1)N1C=CC(CN2CCCC2)=CN1. The van der Waals surface area contributed by atoms with E-state index in [-0.39, 0.29) is 6.03 Å². The van der Waals surface area contributed by atoms with Gasteiger partial charge in [0.1, 0.15) is 0 Å². The molecule has 2 fully saturated rings. The summed E-state index contributed by atoms with van der Waals surface area (Å²) in [5, 5.41) is 2.98. The Balaban J connectivity index is 1.25. The first kappa shape index (κ1) is 17.2. The highest BCUT2D eigenvalue weighted by Gasteiger charge is 2.21. The molecule has 7 heteroatoms. The quantitative estimate of drug-likeness (QED) is 0.804. The minimum absolute atomic E-state index is 0.162. The van der Waals surface area contributed by atoms with Crippen LogP contribution in [0.5, 0.6) is 0 Å². The number of rotatable bonds is 4. The van der Waals surface area contributed by atoms with Crippen molar-refractivity contribution in [2.24, 2.45) is 0 Å². The van der Waals surface area contributed by atoms with Crippen LogP contribution in [0.15, 0.2) is 48.1 Å². The van der Waals surface area contributed by atoms with E-state index in [1.807, 2.05) is 24.6 Å². The highest BCUT2D eigenvalue weighted by atomic mass is 16.2. The molecule has 140 valence electrons. The molecule has 4 aliphatic heterocycles. The zero-order valence-electron chi connectivity index (χ0n) is 15.2. The maximum absolute atomic E-state index is 12.6. The number of hydrazine groups is 2. The van der Waals surface area contributed by atoms with Crippen LogP contribution < -0.4 is 10.9 Å². The van der Waals surface area contributed by atoms with E-state index in [2.05, 4.69) is 20.7 Å². The topological polar surface area (TPSA) is 54.1 Å². The smallest absolute Gasteiger partial charge is 0.299 e. The Kier molecular flexibility index (Phi) is 5.26. The van der Waals surface area contributed by atoms with Gasteiger partial charge in [-0.25, -0.2) is 14.8 Å². The van der Waals surface area contributed by atoms with Crippen molar-refractivity contribution < 1.29 is 4.79 Å². The van der Waals surface area contributed by atoms with Crippen LogP contribution >= 0.6 is 0 Å². The first-order valence-electron chi connectivity index (χ1n) is 9.62. The lowest BCUT2D eigenvalue weighted by molar-refractivity contribution is 0.164. The first-order valence-corrected chi connectivity index (χ1v) is 9.62. The van der Waals surface area contributed by atoms with E-state index in [1.54, 1.807) is 12.4 Å². The van der Waals surface area contributed by atoms with Gasteiger partial charge >= 0.3 is 6.03 Å². The molecule has 0 saturated carbocycles. The highest BCUT2D eigenvalue weighted by molar-refractivity contribution is 5.76. The number of nitrogens with zero attached hydrogens (tertiary/aromatic N) is 4. The third kappa shape index (κ3) is 4.11. The van der Waals surface area contributed by atoms with Gasteiger partial charge in [-0.15, -0.1) is 0 Å². The van der Waals surface area contributed by atoms with E-state index in [9.17, 15) is 4.79 Å². The lowest BCUT2D eigenvalue weighted by atomic mass is 10.2. The van der Waals surface area contributed by atoms with Crippen LogP contribution in [0.3, 0.4) is 0 Å². The Morgan fingerprint density at radius 1 is 0.769 bits per heavy atom. The molecule has 0 aromatic rings. The average Bonchev–Trinajstić information content (AvgIpc) is 3.37. The maximum atomic E-state index is 12.6. The number of carbonyl (C=O) groups is 1. The normalized spacial score (nSPS) is 23.7. The summed E-state index contributed by atoms with van der Waals surface area (Å²) in [4.78, 5) is 17.5. The van der Waals surface area contributed by atoms with Crippen molar-refractivity contribution in [2.75, 3.05) is 39.3 Å². The summed E-state index contributed by atoms with van der Waals surface area (Å²) in [5.74, 6) is 0. The van der Waals surface area contributed by atoms with Gasteiger partial charge < -0.3 is 0 Å². The largest absolute Gasteiger partial charge is 0.365 e. The molecule has 26 heavy (non-hydrogen) atoms. The Bertz CT molecular complexity index is 586. The molecule has 4 heterocycles. The van der Waals surface area contributed by atoms with Gasteiger partial charge in [0, 0.05) is 37.9 Å². The summed E-state index contributed by atoms with van der Waals surface area (Å²) in [5.41, 5.74) is 8.55. The van der Waals surface area contributed by atoms with Gasteiger partial charge in [-0.1, -0.05) is 0 Å². The van der Waals surface area contributed by atoms with Crippen molar-refractivity contribution in [1.29, 1.82) is 0 Å². The molecule has 2 saturated heterocycles. The maximum Gasteiger partial charge on any atom is 0.365 e. The number of likely N-dealkylation sites (tertiary alicyclic amines) is 2. The molecular formula is C19H28N6O. The Morgan fingerprint density at radius 2 is 1.19 bits per heavy atom. The Hall–Kier alpha value is -2.25. The van der Waals surface area contributed by atoms with E-state index >= 15 is 0 Å². The zero-order chi connectivity index (χ0) is 17.8. The fraction of sp³-hybridized carbons (Fsp3) is 0.526. The fourth-order valence-corrected chi connectivity index (χ4v) is 3.78. The lowest BCUT2D eigenvalue weighted by Gasteiger charge is -2.30. The van der Waals surface area contributed by atoms with Crippen molar-refractivity contribution >= 4 is 6.03 Å². The Morgan fingerprint density at radius 3 is 1.54 bits per heavy atom. The van der Waals surface area contributed by atoms with Crippen LogP contribution in [-0.2, 0) is 0 Å². The predicted molar refractivity (Wildman–Crippen MR) is 101 cm³/mol. The van der Waals surface area contributed by atoms with Gasteiger partial charge in [-0.05, 0) is 75.2 Å². The van der Waals surface area contributed by atoms with Crippen LogP contribution in [0.1, 0.15) is 25.7 Å². The van der Waals surface area contributed by atoms with E-state index in [0.29, 0.717) is 0 Å². The van der Waals surface area contributed by atoms with Crippen LogP contribution in [0.4, 0.5) is 4.79 Å². The van der Waals surface area contributed by atoms with Gasteiger partial charge in [0.05, 0.1) is 0 Å². The fourth-order valence-electron chi connectivity index (χ4n) is 3.78. The summed E-state index contributed by atoms with van der Waals surface area (Å²) in [6, 6.07) is -0.162. The van der Waals surface area contributed by atoms with E-state index in [4.69, 9.17) is 0 Å². The third-order valence-electron chi connectivity index (χ3n) is 5.28. The van der Waals surface area contributed by atoms with Crippen molar-refractivity contribution in [1.82, 2.24) is 30.7 Å². The van der Waals surface area contributed by atoms with Crippen LogP contribution in [0, 0.1) is 0 Å². The number of carbonyl (C=O) groups excluding carboxylic acids is 1. The molecule has 0 spiro atoms. The monoisotopic (exact) mass is 356 g/mol. The summed E-state index contributed by atoms with van der Waals surface area (Å²) in [6.45, 7) is 6.56. The van der Waals surface area contributed by atoms with Crippen molar-refractivity contribution in [3.63, 3.8) is 0 Å². The number of hydrogen-bond acceptors (Lipinski definition) is 5. The summed E-state index contributed by atoms with van der Waals surface area (Å²) in [7, 11) is 0. The minimum Gasteiger partial charge on any atom is -0.299 e. The van der Waals surface area contributed by atoms with Crippen LogP contribution in [-0.4, -0.2) is 65.1 Å². The molecule has 7 nitrogen and oxygen atoms in total. The molecule has 0 atom stereocenters. The molecule has 2 N–H and O–H groups in total. The standard InChI is InChI=1S/C19H28N6O/c26-19(24-11-5-17(13-20-24)15-22-7-1-2-8-22)25-12-6-18(14-21-25)16-23-9-3-4-10-23/h5-6,11-14,20-21H,1-4,7-10,15-16H2. The molecule has 0 bridgehead atoms. The summed E-state index contributed by atoms with van der Waals surface area (Å²) < 4.78 is 0. The number of hydrogen-bond donors (Lipinski definition) is 2. The molecule has 0 radical (unpaired) electrons. The average molecular weight is 356 g/mol. The van der Waals surface area contributed by atoms with E-state index < -0.39 is 0 Å². The molecule has 0 aromatic heterocycles. The van der Waals surface area contributed by atoms with Crippen molar-refractivity contribution in [3.8, 4) is 0 Å². The minimum atomic E-state index is -0.162. The summed E-state index contributed by atoms with van der Waals surface area (Å²) >= 11 is 0. The molecule has 4 aliphatic rings. The Labute approximate surface area is 155 Å². The molecule has 2 amide bonds. The lowest BCUT2D eigenvalue weighted by Crippen LogP contribution is -2.49. The third-order valence-corrected chi connectivity index (χ3v) is 5.28. The van der Waals surface area contributed by atoms with Crippen LogP contribution in [0.25, 0.3) is 0 Å². The van der Waals surface area contributed by atoms with Gasteiger partial charge in [0.15, 0.2) is 0 Å². The van der Waals surface area contributed by atoms with E-state index in [0.717, 1.165) is 13.1 Å². The van der Waals surface area contributed by atoms with E-state index in [1.165, 1.54) is 73.0 Å². The molecule has 4 rings (SSSR count). The van der Waals surface area contributed by atoms with Gasteiger partial charge in [-0.2, -0.15) is 0 Å². The molecule has 0 unspecified atom stereocenters. The van der Waals surface area contributed by atoms with Gasteiger partial charge in [0.2, 0.25) is 0 Å². The van der Waals surface area contributed by atoms with Crippen molar-refractivity contribution in [2.45, 2.75) is 25.7 Å². The summed E-state index contributed by atoms with van der Waals surface area (Å²) in [6.07, 6.45) is 16.6. The second-order valence-electron chi connectivity index (χ2n) is 7.32. The molecular weight excluding hydrogens is 328 g/mol. The number of amides is 2. The van der Waals surface area contributed by atoms with Crippen LogP contribution in [0.2, 0.25) is 0 Å². The zero-order valence-corrected chi connectivity index (χ0v) is 15.2. The highest BCUT2D eigenvalue weighted by Crippen LogP contribution is 2.15. The molecule has 0 aromatic carbocycles. The second kappa shape index (κ2) is 7.97. The van der Waals surface area contributed by atoms with Gasteiger partial charge in [-0.3, -0.25) is 20.7 Å². The number of nitrogens with one attached hydrogen (secondary N) is 2. The van der Waals surface area contributed by atoms with Gasteiger partial charge in [0.25, 0.3) is 0 Å². The number of urea groups is 1. The molecule has 0 aliphatic carbocycles. The predicted octanol–water partition coefficient (Wildman–Crippen LogP) is 1.73. The second-order valence-corrected chi connectivity index (χ2v) is 7.32. The first-order chi connectivity index (χ1) is 12.8.